The number of aliphatic hydroxyl groups excluding tert-OH is 1. The molecule has 0 saturated carbocycles. The summed E-state index contributed by atoms with van der Waals surface area (Å²) in [6, 6.07) is 5.18. The van der Waals surface area contributed by atoms with Gasteiger partial charge in [0.15, 0.2) is 0 Å². The van der Waals surface area contributed by atoms with Gasteiger partial charge in [-0.15, -0.1) is 0 Å². The fourth-order valence-electron chi connectivity index (χ4n) is 2.84. The van der Waals surface area contributed by atoms with Gasteiger partial charge >= 0.3 is 0 Å². The third-order valence-corrected chi connectivity index (χ3v) is 4.43. The number of nitro benzene ring substituents is 1. The van der Waals surface area contributed by atoms with Gasteiger partial charge in [-0.25, -0.2) is 0 Å². The molecule has 23 heavy (non-hydrogen) atoms. The molecule has 1 aromatic rings. The summed E-state index contributed by atoms with van der Waals surface area (Å²) in [6.07, 6.45) is 1.54. The van der Waals surface area contributed by atoms with Crippen LogP contribution in [0.2, 0.25) is 0 Å². The quantitative estimate of drug-likeness (QED) is 0.614. The third-order valence-electron chi connectivity index (χ3n) is 4.43. The van der Waals surface area contributed by atoms with E-state index in [0.717, 1.165) is 31.6 Å². The number of non-ortho nitro benzene ring substituents is 1. The number of aliphatic hydroxyl groups is 1. The first kappa shape index (κ1) is 17.5. The lowest BCUT2D eigenvalue weighted by Gasteiger charge is -2.36. The highest BCUT2D eigenvalue weighted by atomic mass is 16.6. The van der Waals surface area contributed by atoms with Gasteiger partial charge in [-0.2, -0.15) is 0 Å². The van der Waals surface area contributed by atoms with E-state index in [1.165, 1.54) is 19.2 Å². The van der Waals surface area contributed by atoms with E-state index < -0.39 is 4.92 Å². The van der Waals surface area contributed by atoms with Crippen molar-refractivity contribution in [2.45, 2.75) is 44.9 Å². The molecular weight excluding hydrogens is 298 g/mol. The highest BCUT2D eigenvalue weighted by molar-refractivity contribution is 5.62. The van der Waals surface area contributed by atoms with Crippen molar-refractivity contribution >= 4 is 11.4 Å². The second-order valence-corrected chi connectivity index (χ2v) is 6.07. The standard InChI is InChI=1S/C16H25N3O4/c1-11(12(2)20)17-13-6-8-18(9-7-13)15-5-4-14(19(21)22)10-16(15)23-3/h4-5,10-13,17,20H,6-9H2,1-3H3/t11-,12?/m0/s1. The zero-order chi connectivity index (χ0) is 17.0. The number of methoxy groups -OCH3 is 1. The predicted octanol–water partition coefficient (Wildman–Crippen LogP) is 1.93. The molecule has 2 N–H and O–H groups in total. The van der Waals surface area contributed by atoms with Crippen LogP contribution < -0.4 is 15.0 Å². The van der Waals surface area contributed by atoms with E-state index >= 15 is 0 Å². The van der Waals surface area contributed by atoms with Crippen molar-refractivity contribution in [2.24, 2.45) is 0 Å². The number of anilines is 1. The van der Waals surface area contributed by atoms with E-state index in [-0.39, 0.29) is 17.8 Å². The molecule has 2 atom stereocenters. The molecule has 1 saturated heterocycles. The fraction of sp³-hybridized carbons (Fsp3) is 0.625. The largest absolute Gasteiger partial charge is 0.494 e. The van der Waals surface area contributed by atoms with Crippen LogP contribution >= 0.6 is 0 Å². The van der Waals surface area contributed by atoms with Crippen LogP contribution in [0.25, 0.3) is 0 Å². The lowest BCUT2D eigenvalue weighted by molar-refractivity contribution is -0.384. The van der Waals surface area contributed by atoms with Gasteiger partial charge in [0.2, 0.25) is 0 Å². The maximum Gasteiger partial charge on any atom is 0.273 e. The Morgan fingerprint density at radius 1 is 1.39 bits per heavy atom. The highest BCUT2D eigenvalue weighted by Crippen LogP contribution is 2.33. The minimum atomic E-state index is -0.417. The van der Waals surface area contributed by atoms with Crippen LogP contribution in [-0.4, -0.2) is 48.4 Å². The highest BCUT2D eigenvalue weighted by Gasteiger charge is 2.24. The Hall–Kier alpha value is -1.86. The van der Waals surface area contributed by atoms with Gasteiger partial charge in [-0.05, 0) is 32.8 Å². The van der Waals surface area contributed by atoms with Crippen LogP contribution in [0, 0.1) is 10.1 Å². The van der Waals surface area contributed by atoms with Crippen molar-refractivity contribution < 1.29 is 14.8 Å². The van der Waals surface area contributed by atoms with Crippen molar-refractivity contribution in [3.05, 3.63) is 28.3 Å². The lowest BCUT2D eigenvalue weighted by Crippen LogP contribution is -2.48. The van der Waals surface area contributed by atoms with Gasteiger partial charge in [-0.1, -0.05) is 0 Å². The Morgan fingerprint density at radius 2 is 2.04 bits per heavy atom. The molecule has 0 aliphatic carbocycles. The number of piperidine rings is 1. The van der Waals surface area contributed by atoms with Crippen LogP contribution in [0.4, 0.5) is 11.4 Å². The van der Waals surface area contributed by atoms with Gasteiger partial charge in [-0.3, -0.25) is 10.1 Å². The van der Waals surface area contributed by atoms with Gasteiger partial charge in [0.1, 0.15) is 5.75 Å². The van der Waals surface area contributed by atoms with Crippen LogP contribution in [0.5, 0.6) is 5.75 Å². The molecule has 1 heterocycles. The topological polar surface area (TPSA) is 87.9 Å². The number of benzene rings is 1. The molecule has 1 aliphatic heterocycles. The summed E-state index contributed by atoms with van der Waals surface area (Å²) in [7, 11) is 1.53. The summed E-state index contributed by atoms with van der Waals surface area (Å²) < 4.78 is 5.32. The van der Waals surface area contributed by atoms with E-state index in [4.69, 9.17) is 4.74 Å². The molecule has 1 aromatic carbocycles. The van der Waals surface area contributed by atoms with Crippen LogP contribution in [0.3, 0.4) is 0 Å². The first-order valence-electron chi connectivity index (χ1n) is 7.94. The van der Waals surface area contributed by atoms with E-state index in [9.17, 15) is 15.2 Å². The first-order chi connectivity index (χ1) is 10.9. The summed E-state index contributed by atoms with van der Waals surface area (Å²) in [4.78, 5) is 12.6. The van der Waals surface area contributed by atoms with Crippen molar-refractivity contribution in [2.75, 3.05) is 25.1 Å². The molecule has 0 amide bonds. The first-order valence-corrected chi connectivity index (χ1v) is 7.94. The molecule has 128 valence electrons. The number of hydrogen-bond donors (Lipinski definition) is 2. The second kappa shape index (κ2) is 7.61. The van der Waals surface area contributed by atoms with E-state index in [1.54, 1.807) is 13.0 Å². The van der Waals surface area contributed by atoms with Gasteiger partial charge in [0.05, 0.1) is 29.9 Å². The summed E-state index contributed by atoms with van der Waals surface area (Å²) in [6.45, 7) is 5.46. The molecule has 2 rings (SSSR count). The average Bonchev–Trinajstić information content (AvgIpc) is 2.54. The number of nitro groups is 1. The normalized spacial score (nSPS) is 18.5. The minimum Gasteiger partial charge on any atom is -0.494 e. The zero-order valence-electron chi connectivity index (χ0n) is 13.9. The SMILES string of the molecule is COc1cc([N+](=O)[O-])ccc1N1CCC(N[C@@H](C)C(C)O)CC1. The molecule has 0 spiro atoms. The average molecular weight is 323 g/mol. The number of rotatable bonds is 6. The smallest absolute Gasteiger partial charge is 0.273 e. The van der Waals surface area contributed by atoms with Gasteiger partial charge in [0.25, 0.3) is 5.69 Å². The van der Waals surface area contributed by atoms with Crippen molar-refractivity contribution in [1.29, 1.82) is 0 Å². The monoisotopic (exact) mass is 323 g/mol. The fourth-order valence-corrected chi connectivity index (χ4v) is 2.84. The molecular formula is C16H25N3O4. The maximum absolute atomic E-state index is 10.9. The number of ether oxygens (including phenoxy) is 1. The zero-order valence-corrected chi connectivity index (χ0v) is 13.9. The number of nitrogens with one attached hydrogen (secondary N) is 1. The molecule has 7 nitrogen and oxygen atoms in total. The molecule has 1 aliphatic rings. The van der Waals surface area contributed by atoms with Gasteiger partial charge < -0.3 is 20.1 Å². The minimum absolute atomic E-state index is 0.0351. The Kier molecular flexibility index (Phi) is 5.79. The summed E-state index contributed by atoms with van der Waals surface area (Å²) in [5.74, 6) is 0.531. The number of hydrogen-bond acceptors (Lipinski definition) is 6. The molecule has 7 heteroatoms. The van der Waals surface area contributed by atoms with Crippen LogP contribution in [-0.2, 0) is 0 Å². The molecule has 0 bridgehead atoms. The maximum atomic E-state index is 10.9. The lowest BCUT2D eigenvalue weighted by atomic mass is 10.0. The Labute approximate surface area is 136 Å². The summed E-state index contributed by atoms with van der Waals surface area (Å²) in [5.41, 5.74) is 0.924. The molecule has 1 unspecified atom stereocenters. The number of nitrogens with zero attached hydrogens (tertiary/aromatic N) is 2. The Bertz CT molecular complexity index is 542. The van der Waals surface area contributed by atoms with E-state index in [0.29, 0.717) is 11.8 Å². The molecule has 1 fully saturated rings. The van der Waals surface area contributed by atoms with Gasteiger partial charge in [0, 0.05) is 31.2 Å². The summed E-state index contributed by atoms with van der Waals surface area (Å²) >= 11 is 0. The van der Waals surface area contributed by atoms with Crippen molar-refractivity contribution in [3.8, 4) is 5.75 Å². The van der Waals surface area contributed by atoms with Crippen molar-refractivity contribution in [3.63, 3.8) is 0 Å². The molecule has 0 radical (unpaired) electrons. The Morgan fingerprint density at radius 3 is 2.57 bits per heavy atom. The predicted molar refractivity (Wildman–Crippen MR) is 89.2 cm³/mol. The van der Waals surface area contributed by atoms with Crippen molar-refractivity contribution in [1.82, 2.24) is 5.32 Å². The van der Waals surface area contributed by atoms with E-state index in [2.05, 4.69) is 10.2 Å². The Balaban J connectivity index is 2.01. The molecule has 0 aromatic heterocycles. The summed E-state index contributed by atoms with van der Waals surface area (Å²) in [5, 5.41) is 23.9. The van der Waals surface area contributed by atoms with Crippen LogP contribution in [0.15, 0.2) is 18.2 Å². The van der Waals surface area contributed by atoms with E-state index in [1.807, 2.05) is 6.92 Å². The van der Waals surface area contributed by atoms with Crippen LogP contribution in [0.1, 0.15) is 26.7 Å². The second-order valence-electron chi connectivity index (χ2n) is 6.07. The third kappa shape index (κ3) is 4.33.